The zero-order valence-electron chi connectivity index (χ0n) is 16.2. The van der Waals surface area contributed by atoms with E-state index in [2.05, 4.69) is 30.7 Å². The molecule has 4 nitrogen and oxygen atoms in total. The van der Waals surface area contributed by atoms with Gasteiger partial charge in [0.2, 0.25) is 0 Å². The van der Waals surface area contributed by atoms with Crippen LogP contribution < -0.4 is 0 Å². The van der Waals surface area contributed by atoms with Crippen molar-refractivity contribution in [3.63, 3.8) is 0 Å². The van der Waals surface area contributed by atoms with Crippen LogP contribution in [0.3, 0.4) is 0 Å². The average Bonchev–Trinajstić information content (AvgIpc) is 3.15. The van der Waals surface area contributed by atoms with Crippen LogP contribution in [0.4, 0.5) is 0 Å². The molecule has 2 aromatic heterocycles. The smallest absolute Gasteiger partial charge is 0.195 e. The number of rotatable bonds is 4. The highest BCUT2D eigenvalue weighted by Crippen LogP contribution is 2.41. The first-order chi connectivity index (χ1) is 12.5. The Kier molecular flexibility index (Phi) is 4.70. The Balaban J connectivity index is 1.43. The Hall–Kier alpha value is -1.94. The van der Waals surface area contributed by atoms with Crippen molar-refractivity contribution in [1.82, 2.24) is 14.9 Å². The lowest BCUT2D eigenvalue weighted by atomic mass is 9.71. The lowest BCUT2D eigenvalue weighted by molar-refractivity contribution is 0.243. The highest BCUT2D eigenvalue weighted by molar-refractivity contribution is 5.46. The van der Waals surface area contributed by atoms with Crippen LogP contribution in [0.1, 0.15) is 57.7 Å². The fraction of sp³-hybridized carbons (Fsp3) is 0.545. The number of hydrogen-bond acceptors (Lipinski definition) is 4. The largest absolute Gasteiger partial charge is 0.461 e. The van der Waals surface area contributed by atoms with Gasteiger partial charge in [-0.25, -0.2) is 9.97 Å². The quantitative estimate of drug-likeness (QED) is 0.726. The fourth-order valence-corrected chi connectivity index (χ4v) is 4.59. The first kappa shape index (κ1) is 17.5. The van der Waals surface area contributed by atoms with Crippen molar-refractivity contribution in [3.8, 4) is 11.6 Å². The third kappa shape index (κ3) is 3.48. The molecule has 2 aliphatic rings. The van der Waals surface area contributed by atoms with Gasteiger partial charge in [-0.2, -0.15) is 0 Å². The van der Waals surface area contributed by atoms with Gasteiger partial charge in [-0.3, -0.25) is 4.90 Å². The molecular weight excluding hydrogens is 322 g/mol. The standard InChI is InChI=1S/C22H29N3O/c1-16-6-4-10-22(2,3)18(16)8-11-25-12-9-19-17(15-25)14-23-21(24-19)20-7-5-13-26-20/h5,7,13-14H,4,6,8-12,15H2,1-3H3. The minimum absolute atomic E-state index is 0.372. The molecule has 0 spiro atoms. The lowest BCUT2D eigenvalue weighted by Crippen LogP contribution is -2.33. The van der Waals surface area contributed by atoms with Crippen molar-refractivity contribution in [2.75, 3.05) is 13.1 Å². The first-order valence-corrected chi connectivity index (χ1v) is 9.83. The second-order valence-electron chi connectivity index (χ2n) is 8.42. The second-order valence-corrected chi connectivity index (χ2v) is 8.42. The SMILES string of the molecule is CC1=C(CCN2CCc3nc(-c4ccco4)ncc3C2)C(C)(C)CCC1. The maximum absolute atomic E-state index is 5.43. The maximum Gasteiger partial charge on any atom is 0.195 e. The van der Waals surface area contributed by atoms with E-state index in [4.69, 9.17) is 9.40 Å². The molecule has 0 unspecified atom stereocenters. The monoisotopic (exact) mass is 351 g/mol. The first-order valence-electron chi connectivity index (χ1n) is 9.83. The molecule has 0 N–H and O–H groups in total. The Labute approximate surface area is 156 Å². The fourth-order valence-electron chi connectivity index (χ4n) is 4.59. The van der Waals surface area contributed by atoms with Gasteiger partial charge in [0, 0.05) is 37.8 Å². The molecule has 0 amide bonds. The molecule has 0 aromatic carbocycles. The molecule has 138 valence electrons. The molecule has 0 saturated carbocycles. The number of furan rings is 1. The predicted octanol–water partition coefficient (Wildman–Crippen LogP) is 5.01. The molecule has 1 aliphatic carbocycles. The molecule has 4 heteroatoms. The van der Waals surface area contributed by atoms with E-state index in [9.17, 15) is 0 Å². The van der Waals surface area contributed by atoms with Gasteiger partial charge >= 0.3 is 0 Å². The second kappa shape index (κ2) is 6.99. The molecule has 0 bridgehead atoms. The highest BCUT2D eigenvalue weighted by Gasteiger charge is 2.29. The Morgan fingerprint density at radius 2 is 2.15 bits per heavy atom. The van der Waals surface area contributed by atoms with E-state index >= 15 is 0 Å². The van der Waals surface area contributed by atoms with Crippen LogP contribution in [0.5, 0.6) is 0 Å². The molecule has 3 heterocycles. The minimum atomic E-state index is 0.372. The van der Waals surface area contributed by atoms with Gasteiger partial charge < -0.3 is 4.42 Å². The van der Waals surface area contributed by atoms with E-state index in [1.807, 2.05) is 18.3 Å². The van der Waals surface area contributed by atoms with E-state index in [1.54, 1.807) is 17.4 Å². The van der Waals surface area contributed by atoms with E-state index in [1.165, 1.54) is 36.9 Å². The summed E-state index contributed by atoms with van der Waals surface area (Å²) in [4.78, 5) is 11.8. The van der Waals surface area contributed by atoms with Crippen LogP contribution in [-0.2, 0) is 13.0 Å². The van der Waals surface area contributed by atoms with Crippen molar-refractivity contribution >= 4 is 0 Å². The third-order valence-corrected chi connectivity index (χ3v) is 6.12. The summed E-state index contributed by atoms with van der Waals surface area (Å²) in [7, 11) is 0. The Morgan fingerprint density at radius 1 is 1.27 bits per heavy atom. The molecule has 0 radical (unpaired) electrons. The van der Waals surface area contributed by atoms with E-state index in [0.717, 1.165) is 31.8 Å². The topological polar surface area (TPSA) is 42.2 Å². The highest BCUT2D eigenvalue weighted by atomic mass is 16.3. The van der Waals surface area contributed by atoms with Gasteiger partial charge in [-0.15, -0.1) is 0 Å². The van der Waals surface area contributed by atoms with Crippen LogP contribution in [-0.4, -0.2) is 28.0 Å². The summed E-state index contributed by atoms with van der Waals surface area (Å²) < 4.78 is 5.43. The van der Waals surface area contributed by atoms with Gasteiger partial charge in [-0.05, 0) is 50.2 Å². The van der Waals surface area contributed by atoms with Gasteiger partial charge in [0.25, 0.3) is 0 Å². The summed E-state index contributed by atoms with van der Waals surface area (Å²) in [5.74, 6) is 1.45. The van der Waals surface area contributed by atoms with Crippen molar-refractivity contribution in [2.45, 2.75) is 59.4 Å². The van der Waals surface area contributed by atoms with Crippen LogP contribution >= 0.6 is 0 Å². The van der Waals surface area contributed by atoms with Crippen LogP contribution in [0.2, 0.25) is 0 Å². The summed E-state index contributed by atoms with van der Waals surface area (Å²) in [6.07, 6.45) is 9.79. The van der Waals surface area contributed by atoms with Crippen LogP contribution in [0.25, 0.3) is 11.6 Å². The molecule has 0 fully saturated rings. The molecule has 0 atom stereocenters. The number of fused-ring (bicyclic) bond motifs is 1. The summed E-state index contributed by atoms with van der Waals surface area (Å²) in [5.41, 5.74) is 6.14. The van der Waals surface area contributed by atoms with E-state index in [-0.39, 0.29) is 0 Å². The zero-order chi connectivity index (χ0) is 18.1. The van der Waals surface area contributed by atoms with Gasteiger partial charge in [0.1, 0.15) is 0 Å². The normalized spacial score (nSPS) is 20.3. The van der Waals surface area contributed by atoms with E-state index < -0.39 is 0 Å². The summed E-state index contributed by atoms with van der Waals surface area (Å²) in [5, 5.41) is 0. The zero-order valence-corrected chi connectivity index (χ0v) is 16.2. The summed E-state index contributed by atoms with van der Waals surface area (Å²) >= 11 is 0. The number of allylic oxidation sites excluding steroid dienone is 1. The predicted molar refractivity (Wildman–Crippen MR) is 104 cm³/mol. The molecule has 4 rings (SSSR count). The number of aromatic nitrogens is 2. The van der Waals surface area contributed by atoms with Crippen molar-refractivity contribution < 1.29 is 4.42 Å². The van der Waals surface area contributed by atoms with Gasteiger partial charge in [-0.1, -0.05) is 25.0 Å². The molecule has 0 saturated heterocycles. The molecule has 1 aliphatic heterocycles. The number of nitrogens with zero attached hydrogens (tertiary/aromatic N) is 3. The van der Waals surface area contributed by atoms with Gasteiger partial charge in [0.15, 0.2) is 11.6 Å². The Morgan fingerprint density at radius 3 is 2.92 bits per heavy atom. The molecular formula is C22H29N3O. The minimum Gasteiger partial charge on any atom is -0.461 e. The third-order valence-electron chi connectivity index (χ3n) is 6.12. The number of hydrogen-bond donors (Lipinski definition) is 0. The maximum atomic E-state index is 5.43. The van der Waals surface area contributed by atoms with Crippen molar-refractivity contribution in [2.24, 2.45) is 5.41 Å². The molecule has 26 heavy (non-hydrogen) atoms. The van der Waals surface area contributed by atoms with E-state index in [0.29, 0.717) is 11.2 Å². The van der Waals surface area contributed by atoms with Crippen molar-refractivity contribution in [1.29, 1.82) is 0 Å². The van der Waals surface area contributed by atoms with Gasteiger partial charge in [0.05, 0.1) is 12.0 Å². The lowest BCUT2D eigenvalue weighted by Gasteiger charge is -2.36. The summed E-state index contributed by atoms with van der Waals surface area (Å²) in [6.45, 7) is 10.3. The molecule has 2 aromatic rings. The Bertz CT molecular complexity index is 805. The van der Waals surface area contributed by atoms with Crippen LogP contribution in [0.15, 0.2) is 40.2 Å². The average molecular weight is 351 g/mol. The summed E-state index contributed by atoms with van der Waals surface area (Å²) in [6, 6.07) is 3.79. The van der Waals surface area contributed by atoms with Crippen molar-refractivity contribution in [3.05, 3.63) is 47.0 Å². The van der Waals surface area contributed by atoms with Crippen LogP contribution in [0, 0.1) is 5.41 Å².